The molecule has 3 aliphatic heterocycles. The van der Waals surface area contributed by atoms with Gasteiger partial charge < -0.3 is 29.5 Å². The fraction of sp³-hybridized carbons (Fsp3) is 0.571. The molecule has 5 rings (SSSR count). The third-order valence-corrected chi connectivity index (χ3v) is 11.5. The maximum atomic E-state index is 13.5. The highest BCUT2D eigenvalue weighted by Crippen LogP contribution is 2.39. The SMILES string of the molecule is CCN1CCOc2ccc(S(=O)(=O)N3CCC4(CC3)C[C@@H](NCC(O)COc3cccc(S(=O)(=O)NC)c3)CO4)cc21. The number of hydrogen-bond donors (Lipinski definition) is 3. The van der Waals surface area contributed by atoms with Crippen LogP contribution in [0.2, 0.25) is 0 Å². The predicted octanol–water partition coefficient (Wildman–Crippen LogP) is 1.16. The number of nitrogens with zero attached hydrogens (tertiary/aromatic N) is 2. The van der Waals surface area contributed by atoms with E-state index in [1.54, 1.807) is 34.6 Å². The van der Waals surface area contributed by atoms with Crippen molar-refractivity contribution < 1.29 is 36.2 Å². The number of fused-ring (bicyclic) bond motifs is 1. The van der Waals surface area contributed by atoms with Gasteiger partial charge in [0, 0.05) is 38.3 Å². The molecule has 0 aliphatic carbocycles. The van der Waals surface area contributed by atoms with Gasteiger partial charge >= 0.3 is 0 Å². The monoisotopic (exact) mass is 624 g/mol. The van der Waals surface area contributed by atoms with Gasteiger partial charge in [0.2, 0.25) is 20.0 Å². The van der Waals surface area contributed by atoms with Gasteiger partial charge in [0.05, 0.1) is 34.2 Å². The summed E-state index contributed by atoms with van der Waals surface area (Å²) in [4.78, 5) is 2.49. The standard InChI is InChI=1S/C28H40N4O8S2/c1-3-31-13-14-38-27-8-7-25(16-26(27)31)42(36,37)32-11-9-28(10-12-32)17-21(19-40-28)30-18-22(33)20-39-23-5-4-6-24(15-23)41(34,35)29-2/h4-8,15-16,21-22,29-30,33H,3,9-14,17-20H2,1-2H3/t21-,22?/m1/s1. The van der Waals surface area contributed by atoms with E-state index in [1.807, 2.05) is 6.92 Å². The second-order valence-electron chi connectivity index (χ2n) is 10.9. The second kappa shape index (κ2) is 12.6. The Balaban J connectivity index is 1.10. The zero-order chi connectivity index (χ0) is 30.0. The molecule has 1 spiro atoms. The number of piperidine rings is 1. The van der Waals surface area contributed by atoms with Gasteiger partial charge in [0.1, 0.15) is 30.8 Å². The molecule has 2 saturated heterocycles. The fourth-order valence-corrected chi connectivity index (χ4v) is 7.98. The molecule has 2 fully saturated rings. The summed E-state index contributed by atoms with van der Waals surface area (Å²) in [5.41, 5.74) is 0.418. The highest BCUT2D eigenvalue weighted by molar-refractivity contribution is 7.89. The average molecular weight is 625 g/mol. The number of sulfonamides is 2. The predicted molar refractivity (Wildman–Crippen MR) is 157 cm³/mol. The van der Waals surface area contributed by atoms with Crippen molar-refractivity contribution in [3.63, 3.8) is 0 Å². The maximum absolute atomic E-state index is 13.5. The molecular weight excluding hydrogens is 584 g/mol. The molecule has 3 aliphatic rings. The van der Waals surface area contributed by atoms with Crippen LogP contribution in [0.4, 0.5) is 5.69 Å². The molecule has 2 atom stereocenters. The summed E-state index contributed by atoms with van der Waals surface area (Å²) in [7, 11) is -5.90. The zero-order valence-corrected chi connectivity index (χ0v) is 25.6. The molecule has 12 nitrogen and oxygen atoms in total. The van der Waals surface area contributed by atoms with Gasteiger partial charge in [0.15, 0.2) is 0 Å². The van der Waals surface area contributed by atoms with Gasteiger partial charge in [-0.25, -0.2) is 21.6 Å². The molecule has 0 saturated carbocycles. The van der Waals surface area contributed by atoms with Crippen LogP contribution < -0.4 is 24.4 Å². The average Bonchev–Trinajstić information content (AvgIpc) is 3.40. The number of nitrogens with one attached hydrogen (secondary N) is 2. The minimum absolute atomic E-state index is 0.00751. The van der Waals surface area contributed by atoms with Gasteiger partial charge in [-0.05, 0) is 63.6 Å². The Morgan fingerprint density at radius 3 is 2.62 bits per heavy atom. The summed E-state index contributed by atoms with van der Waals surface area (Å²) in [6.45, 7) is 5.62. The molecule has 42 heavy (non-hydrogen) atoms. The van der Waals surface area contributed by atoms with E-state index in [-0.39, 0.29) is 29.0 Å². The van der Waals surface area contributed by atoms with E-state index in [9.17, 15) is 21.9 Å². The molecule has 0 radical (unpaired) electrons. The topological polar surface area (TPSA) is 147 Å². The Morgan fingerprint density at radius 1 is 1.10 bits per heavy atom. The van der Waals surface area contributed by atoms with E-state index in [1.165, 1.54) is 19.2 Å². The number of benzene rings is 2. The van der Waals surface area contributed by atoms with Crippen LogP contribution in [-0.2, 0) is 24.8 Å². The smallest absolute Gasteiger partial charge is 0.243 e. The number of ether oxygens (including phenoxy) is 3. The Labute approximate surface area is 248 Å². The lowest BCUT2D eigenvalue weighted by atomic mass is 9.88. The fourth-order valence-electron chi connectivity index (χ4n) is 5.75. The molecule has 1 unspecified atom stereocenters. The first-order valence-electron chi connectivity index (χ1n) is 14.3. The van der Waals surface area contributed by atoms with Gasteiger partial charge in [-0.15, -0.1) is 0 Å². The minimum atomic E-state index is -3.65. The van der Waals surface area contributed by atoms with Crippen molar-refractivity contribution in [3.05, 3.63) is 42.5 Å². The van der Waals surface area contributed by atoms with Gasteiger partial charge in [-0.2, -0.15) is 4.31 Å². The van der Waals surface area contributed by atoms with Crippen molar-refractivity contribution in [2.45, 2.75) is 53.7 Å². The number of rotatable bonds is 11. The van der Waals surface area contributed by atoms with Crippen LogP contribution >= 0.6 is 0 Å². The van der Waals surface area contributed by atoms with Crippen molar-refractivity contribution in [1.29, 1.82) is 0 Å². The third kappa shape index (κ3) is 6.69. The quantitative estimate of drug-likeness (QED) is 0.333. The lowest BCUT2D eigenvalue weighted by molar-refractivity contribution is -0.0312. The molecule has 2 aromatic carbocycles. The van der Waals surface area contributed by atoms with Crippen molar-refractivity contribution in [2.24, 2.45) is 0 Å². The molecule has 232 valence electrons. The van der Waals surface area contributed by atoms with Crippen LogP contribution in [0.25, 0.3) is 0 Å². The van der Waals surface area contributed by atoms with Crippen LogP contribution in [0.15, 0.2) is 52.3 Å². The summed E-state index contributed by atoms with van der Waals surface area (Å²) in [5, 5.41) is 13.8. The summed E-state index contributed by atoms with van der Waals surface area (Å²) in [5.74, 6) is 1.06. The van der Waals surface area contributed by atoms with E-state index in [0.29, 0.717) is 50.6 Å². The first-order valence-corrected chi connectivity index (χ1v) is 17.2. The molecule has 0 amide bonds. The molecule has 3 N–H and O–H groups in total. The number of anilines is 1. The molecule has 2 aromatic rings. The number of hydrogen-bond acceptors (Lipinski definition) is 10. The van der Waals surface area contributed by atoms with Gasteiger partial charge in [-0.3, -0.25) is 0 Å². The van der Waals surface area contributed by atoms with E-state index >= 15 is 0 Å². The second-order valence-corrected chi connectivity index (χ2v) is 14.7. The number of likely N-dealkylation sites (N-methyl/N-ethyl adjacent to an activating group) is 1. The van der Waals surface area contributed by atoms with Crippen LogP contribution in [0.1, 0.15) is 26.2 Å². The van der Waals surface area contributed by atoms with E-state index in [2.05, 4.69) is 14.9 Å². The Kier molecular flexibility index (Phi) is 9.33. The zero-order valence-electron chi connectivity index (χ0n) is 24.0. The Morgan fingerprint density at radius 2 is 1.88 bits per heavy atom. The normalized spacial score (nSPS) is 21.6. The van der Waals surface area contributed by atoms with Crippen LogP contribution in [0.5, 0.6) is 11.5 Å². The first-order chi connectivity index (χ1) is 20.0. The minimum Gasteiger partial charge on any atom is -0.491 e. The van der Waals surface area contributed by atoms with E-state index < -0.39 is 31.8 Å². The lowest BCUT2D eigenvalue weighted by Crippen LogP contribution is -2.47. The van der Waals surface area contributed by atoms with Crippen molar-refractivity contribution in [2.75, 3.05) is 64.5 Å². The summed E-state index contributed by atoms with van der Waals surface area (Å²) in [6, 6.07) is 11.2. The van der Waals surface area contributed by atoms with E-state index in [0.717, 1.165) is 25.2 Å². The largest absolute Gasteiger partial charge is 0.491 e. The molecule has 14 heteroatoms. The van der Waals surface area contributed by atoms with Crippen molar-refractivity contribution in [3.8, 4) is 11.5 Å². The van der Waals surface area contributed by atoms with Gasteiger partial charge in [0.25, 0.3) is 0 Å². The summed E-state index contributed by atoms with van der Waals surface area (Å²) in [6.07, 6.45) is 1.09. The number of aliphatic hydroxyl groups is 1. The van der Waals surface area contributed by atoms with Crippen LogP contribution in [0, 0.1) is 0 Å². The lowest BCUT2D eigenvalue weighted by Gasteiger charge is -2.38. The molecule has 3 heterocycles. The molecule has 0 aromatic heterocycles. The summed E-state index contributed by atoms with van der Waals surface area (Å²) < 4.78 is 72.3. The molecule has 0 bridgehead atoms. The van der Waals surface area contributed by atoms with Crippen LogP contribution in [-0.4, -0.2) is 104 Å². The third-order valence-electron chi connectivity index (χ3n) is 8.22. The Bertz CT molecular complexity index is 1460. The van der Waals surface area contributed by atoms with Crippen molar-refractivity contribution in [1.82, 2.24) is 14.3 Å². The first kappa shape index (κ1) is 31.0. The maximum Gasteiger partial charge on any atom is 0.243 e. The summed E-state index contributed by atoms with van der Waals surface area (Å²) >= 11 is 0. The van der Waals surface area contributed by atoms with Crippen molar-refractivity contribution >= 4 is 25.7 Å². The van der Waals surface area contributed by atoms with Gasteiger partial charge in [-0.1, -0.05) is 6.07 Å². The van der Waals surface area contributed by atoms with Crippen LogP contribution in [0.3, 0.4) is 0 Å². The Hall–Kier alpha value is -2.46. The highest BCUT2D eigenvalue weighted by Gasteiger charge is 2.45. The number of aliphatic hydroxyl groups excluding tert-OH is 1. The van der Waals surface area contributed by atoms with E-state index in [4.69, 9.17) is 14.2 Å². The molecular formula is C28H40N4O8S2. The highest BCUT2D eigenvalue weighted by atomic mass is 32.2.